The summed E-state index contributed by atoms with van der Waals surface area (Å²) in [4.78, 5) is 20.5. The first-order valence-electron chi connectivity index (χ1n) is 6.99. The van der Waals surface area contributed by atoms with Gasteiger partial charge in [-0.25, -0.2) is 9.97 Å². The lowest BCUT2D eigenvalue weighted by molar-refractivity contribution is 0.0935. The topological polar surface area (TPSA) is 105 Å². The SMILES string of the molecule is CCC(C)NC(=O)c1nc(-c2ccccc2C#N)cnc1N. The summed E-state index contributed by atoms with van der Waals surface area (Å²) < 4.78 is 0. The molecule has 22 heavy (non-hydrogen) atoms. The maximum atomic E-state index is 12.2. The largest absolute Gasteiger partial charge is 0.382 e. The number of carbonyl (C=O) groups excluding carboxylic acids is 1. The van der Waals surface area contributed by atoms with Gasteiger partial charge in [0.1, 0.15) is 0 Å². The Hall–Kier alpha value is -2.94. The van der Waals surface area contributed by atoms with Crippen molar-refractivity contribution >= 4 is 11.7 Å². The average Bonchev–Trinajstić information content (AvgIpc) is 2.55. The van der Waals surface area contributed by atoms with Crippen molar-refractivity contribution in [3.8, 4) is 17.3 Å². The molecule has 1 unspecified atom stereocenters. The van der Waals surface area contributed by atoms with Crippen LogP contribution in [0.1, 0.15) is 36.3 Å². The molecule has 6 heteroatoms. The number of aromatic nitrogens is 2. The van der Waals surface area contributed by atoms with E-state index in [-0.39, 0.29) is 23.5 Å². The molecular weight excluding hydrogens is 278 g/mol. The van der Waals surface area contributed by atoms with Gasteiger partial charge in [-0.05, 0) is 19.4 Å². The molecule has 0 saturated heterocycles. The van der Waals surface area contributed by atoms with E-state index in [0.717, 1.165) is 6.42 Å². The van der Waals surface area contributed by atoms with Crippen LogP contribution in [0.2, 0.25) is 0 Å². The van der Waals surface area contributed by atoms with Crippen molar-refractivity contribution in [1.29, 1.82) is 5.26 Å². The molecule has 112 valence electrons. The number of hydrogen-bond acceptors (Lipinski definition) is 5. The van der Waals surface area contributed by atoms with Crippen LogP contribution < -0.4 is 11.1 Å². The van der Waals surface area contributed by atoms with Crippen LogP contribution in [0.3, 0.4) is 0 Å². The smallest absolute Gasteiger partial charge is 0.273 e. The van der Waals surface area contributed by atoms with Crippen LogP contribution in [0, 0.1) is 11.3 Å². The van der Waals surface area contributed by atoms with Gasteiger partial charge in [-0.1, -0.05) is 25.1 Å². The first kappa shape index (κ1) is 15.4. The van der Waals surface area contributed by atoms with Crippen molar-refractivity contribution in [3.05, 3.63) is 41.7 Å². The Morgan fingerprint density at radius 1 is 1.45 bits per heavy atom. The zero-order valence-corrected chi connectivity index (χ0v) is 12.5. The Morgan fingerprint density at radius 3 is 2.86 bits per heavy atom. The fourth-order valence-corrected chi connectivity index (χ4v) is 1.89. The van der Waals surface area contributed by atoms with Crippen molar-refractivity contribution in [2.75, 3.05) is 5.73 Å². The maximum Gasteiger partial charge on any atom is 0.273 e. The number of rotatable bonds is 4. The standard InChI is InChI=1S/C16H17N5O/c1-3-10(2)20-16(22)14-15(18)19-9-13(21-14)12-7-5-4-6-11(12)8-17/h4-7,9-10H,3H2,1-2H3,(H2,18,19)(H,20,22). The second-order valence-corrected chi connectivity index (χ2v) is 4.93. The fourth-order valence-electron chi connectivity index (χ4n) is 1.89. The fraction of sp³-hybridized carbons (Fsp3) is 0.250. The average molecular weight is 295 g/mol. The van der Waals surface area contributed by atoms with Gasteiger partial charge in [0.05, 0.1) is 23.5 Å². The number of nitriles is 1. The number of nitrogens with one attached hydrogen (secondary N) is 1. The molecule has 0 radical (unpaired) electrons. The summed E-state index contributed by atoms with van der Waals surface area (Å²) >= 11 is 0. The van der Waals surface area contributed by atoms with Crippen LogP contribution in [-0.2, 0) is 0 Å². The van der Waals surface area contributed by atoms with Crippen LogP contribution >= 0.6 is 0 Å². The van der Waals surface area contributed by atoms with Gasteiger partial charge in [-0.15, -0.1) is 0 Å². The predicted octanol–water partition coefficient (Wildman–Crippen LogP) is 2.13. The molecule has 2 aromatic rings. The van der Waals surface area contributed by atoms with Crippen LogP contribution in [0.4, 0.5) is 5.82 Å². The van der Waals surface area contributed by atoms with Gasteiger partial charge in [0, 0.05) is 11.6 Å². The number of nitrogen functional groups attached to an aromatic ring is 1. The first-order chi connectivity index (χ1) is 10.6. The highest BCUT2D eigenvalue weighted by Gasteiger charge is 2.17. The monoisotopic (exact) mass is 295 g/mol. The zero-order chi connectivity index (χ0) is 16.1. The van der Waals surface area contributed by atoms with E-state index < -0.39 is 0 Å². The lowest BCUT2D eigenvalue weighted by Crippen LogP contribution is -2.33. The van der Waals surface area contributed by atoms with Gasteiger partial charge in [0.15, 0.2) is 11.5 Å². The van der Waals surface area contributed by atoms with Gasteiger partial charge >= 0.3 is 0 Å². The Bertz CT molecular complexity index is 736. The number of nitrogens with two attached hydrogens (primary N) is 1. The summed E-state index contributed by atoms with van der Waals surface area (Å²) in [5.41, 5.74) is 7.36. The van der Waals surface area contributed by atoms with Crippen molar-refractivity contribution in [2.45, 2.75) is 26.3 Å². The van der Waals surface area contributed by atoms with Gasteiger partial charge in [0.25, 0.3) is 5.91 Å². The Kier molecular flexibility index (Phi) is 4.69. The third-order valence-corrected chi connectivity index (χ3v) is 3.33. The molecule has 0 saturated carbocycles. The van der Waals surface area contributed by atoms with Gasteiger partial charge in [-0.2, -0.15) is 5.26 Å². The van der Waals surface area contributed by atoms with E-state index >= 15 is 0 Å². The van der Waals surface area contributed by atoms with E-state index in [1.807, 2.05) is 13.8 Å². The first-order valence-corrected chi connectivity index (χ1v) is 6.99. The summed E-state index contributed by atoms with van der Waals surface area (Å²) in [7, 11) is 0. The molecule has 0 aliphatic heterocycles. The minimum Gasteiger partial charge on any atom is -0.382 e. The predicted molar refractivity (Wildman–Crippen MR) is 83.8 cm³/mol. The van der Waals surface area contributed by atoms with Gasteiger partial charge < -0.3 is 11.1 Å². The number of anilines is 1. The van der Waals surface area contributed by atoms with Crippen LogP contribution in [0.5, 0.6) is 0 Å². The Labute approximate surface area is 129 Å². The van der Waals surface area contributed by atoms with E-state index in [0.29, 0.717) is 16.8 Å². The molecule has 0 spiro atoms. The highest BCUT2D eigenvalue weighted by molar-refractivity contribution is 5.97. The normalized spacial score (nSPS) is 11.5. The van der Waals surface area contributed by atoms with E-state index in [1.54, 1.807) is 24.3 Å². The second kappa shape index (κ2) is 6.68. The maximum absolute atomic E-state index is 12.2. The number of nitrogens with zero attached hydrogens (tertiary/aromatic N) is 3. The van der Waals surface area contributed by atoms with Crippen molar-refractivity contribution in [2.24, 2.45) is 0 Å². The molecule has 0 aliphatic carbocycles. The minimum atomic E-state index is -0.365. The number of amides is 1. The van der Waals surface area contributed by atoms with Crippen molar-refractivity contribution in [1.82, 2.24) is 15.3 Å². The van der Waals surface area contributed by atoms with Gasteiger partial charge in [-0.3, -0.25) is 4.79 Å². The molecule has 0 fully saturated rings. The summed E-state index contributed by atoms with van der Waals surface area (Å²) in [5.74, 6) is -0.297. The summed E-state index contributed by atoms with van der Waals surface area (Å²) in [6, 6.07) is 9.13. The van der Waals surface area contributed by atoms with E-state index in [1.165, 1.54) is 6.20 Å². The zero-order valence-electron chi connectivity index (χ0n) is 12.5. The molecule has 6 nitrogen and oxygen atoms in total. The lowest BCUT2D eigenvalue weighted by Gasteiger charge is -2.12. The molecule has 0 bridgehead atoms. The van der Waals surface area contributed by atoms with Crippen LogP contribution in [0.15, 0.2) is 30.5 Å². The molecule has 0 aliphatic rings. The third kappa shape index (κ3) is 3.20. The molecule has 3 N–H and O–H groups in total. The molecule has 2 rings (SSSR count). The Balaban J connectivity index is 2.43. The van der Waals surface area contributed by atoms with Crippen molar-refractivity contribution < 1.29 is 4.79 Å². The van der Waals surface area contributed by atoms with Gasteiger partial charge in [0.2, 0.25) is 0 Å². The number of hydrogen-bond donors (Lipinski definition) is 2. The quantitative estimate of drug-likeness (QED) is 0.899. The molecule has 1 atom stereocenters. The highest BCUT2D eigenvalue weighted by Crippen LogP contribution is 2.22. The second-order valence-electron chi connectivity index (χ2n) is 4.93. The molecule has 1 aromatic carbocycles. The summed E-state index contributed by atoms with van der Waals surface area (Å²) in [6.45, 7) is 3.87. The molecule has 1 aromatic heterocycles. The van der Waals surface area contributed by atoms with E-state index in [2.05, 4.69) is 21.4 Å². The molecule has 1 heterocycles. The third-order valence-electron chi connectivity index (χ3n) is 3.33. The van der Waals surface area contributed by atoms with Crippen LogP contribution in [0.25, 0.3) is 11.3 Å². The lowest BCUT2D eigenvalue weighted by atomic mass is 10.1. The molecular formula is C16H17N5O. The molecule has 1 amide bonds. The number of benzene rings is 1. The van der Waals surface area contributed by atoms with Crippen LogP contribution in [-0.4, -0.2) is 21.9 Å². The summed E-state index contributed by atoms with van der Waals surface area (Å²) in [5, 5.41) is 12.0. The van der Waals surface area contributed by atoms with E-state index in [4.69, 9.17) is 11.0 Å². The van der Waals surface area contributed by atoms with Crippen molar-refractivity contribution in [3.63, 3.8) is 0 Å². The minimum absolute atomic E-state index is 0.0174. The summed E-state index contributed by atoms with van der Waals surface area (Å²) in [6.07, 6.45) is 2.27. The number of carbonyl (C=O) groups is 1. The Morgan fingerprint density at radius 2 is 2.18 bits per heavy atom. The van der Waals surface area contributed by atoms with E-state index in [9.17, 15) is 4.79 Å². The highest BCUT2D eigenvalue weighted by atomic mass is 16.2.